The minimum absolute atomic E-state index is 0.138. The van der Waals surface area contributed by atoms with Crippen LogP contribution in [0.15, 0.2) is 54.6 Å². The second kappa shape index (κ2) is 8.88. The minimum Gasteiger partial charge on any atom is -0.370 e. The van der Waals surface area contributed by atoms with Crippen molar-refractivity contribution >= 4 is 29.2 Å². The van der Waals surface area contributed by atoms with Crippen molar-refractivity contribution in [2.24, 2.45) is 0 Å². The number of nitrogens with one attached hydrogen (secondary N) is 2. The second-order valence-corrected chi connectivity index (χ2v) is 6.82. The van der Waals surface area contributed by atoms with Crippen LogP contribution in [0.2, 0.25) is 5.02 Å². The van der Waals surface area contributed by atoms with E-state index < -0.39 is 12.1 Å². The van der Waals surface area contributed by atoms with Crippen LogP contribution in [0.1, 0.15) is 18.6 Å². The fourth-order valence-corrected chi connectivity index (χ4v) is 3.17. The zero-order valence-electron chi connectivity index (χ0n) is 15.0. The largest absolute Gasteiger partial charge is 0.370 e. The summed E-state index contributed by atoms with van der Waals surface area (Å²) in [5.74, 6) is -0.138. The van der Waals surface area contributed by atoms with Gasteiger partial charge >= 0.3 is 6.03 Å². The predicted molar refractivity (Wildman–Crippen MR) is 105 cm³/mol. The van der Waals surface area contributed by atoms with Crippen LogP contribution in [-0.2, 0) is 9.53 Å². The smallest absolute Gasteiger partial charge is 0.319 e. The van der Waals surface area contributed by atoms with Crippen LogP contribution in [0.4, 0.5) is 10.5 Å². The molecule has 2 atom stereocenters. The van der Waals surface area contributed by atoms with E-state index in [4.69, 9.17) is 16.3 Å². The Morgan fingerprint density at radius 1 is 1.19 bits per heavy atom. The van der Waals surface area contributed by atoms with Gasteiger partial charge in [-0.3, -0.25) is 4.79 Å². The highest BCUT2D eigenvalue weighted by atomic mass is 35.5. The Bertz CT molecular complexity index is 800. The average Bonchev–Trinajstić information content (AvgIpc) is 2.68. The maximum absolute atomic E-state index is 12.7. The number of hydrogen-bond donors (Lipinski definition) is 2. The van der Waals surface area contributed by atoms with Crippen LogP contribution in [0.3, 0.4) is 0 Å². The summed E-state index contributed by atoms with van der Waals surface area (Å²) in [6, 6.07) is 15.5. The lowest BCUT2D eigenvalue weighted by molar-refractivity contribution is -0.140. The first-order valence-corrected chi connectivity index (χ1v) is 9.19. The highest BCUT2D eigenvalue weighted by Gasteiger charge is 2.28. The molecule has 2 aromatic rings. The molecule has 7 heteroatoms. The molecule has 1 unspecified atom stereocenters. The number of carbonyl (C=O) groups is 2. The van der Waals surface area contributed by atoms with E-state index in [0.29, 0.717) is 30.4 Å². The van der Waals surface area contributed by atoms with Crippen molar-refractivity contribution in [3.05, 3.63) is 65.2 Å². The molecular weight excluding hydrogens is 366 g/mol. The number of ether oxygens (including phenoxy) is 1. The summed E-state index contributed by atoms with van der Waals surface area (Å²) in [5, 5.41) is 5.88. The van der Waals surface area contributed by atoms with Crippen molar-refractivity contribution in [2.75, 3.05) is 25.0 Å². The molecule has 142 valence electrons. The van der Waals surface area contributed by atoms with Gasteiger partial charge in [0.15, 0.2) is 0 Å². The Kier molecular flexibility index (Phi) is 6.32. The molecule has 3 rings (SSSR count). The Labute approximate surface area is 163 Å². The fraction of sp³-hybridized carbons (Fsp3) is 0.300. The SMILES string of the molecule is C[C@H](NC(=O)Nc1cccc(Cl)c1)C(=O)N1CCOC(c2ccccc2)C1. The number of rotatable bonds is 4. The Balaban J connectivity index is 1.55. The van der Waals surface area contributed by atoms with Gasteiger partial charge in [-0.15, -0.1) is 0 Å². The van der Waals surface area contributed by atoms with Crippen LogP contribution in [-0.4, -0.2) is 42.6 Å². The number of amides is 3. The zero-order valence-corrected chi connectivity index (χ0v) is 15.8. The van der Waals surface area contributed by atoms with E-state index in [9.17, 15) is 9.59 Å². The second-order valence-electron chi connectivity index (χ2n) is 6.38. The van der Waals surface area contributed by atoms with Crippen LogP contribution in [0.5, 0.6) is 0 Å². The monoisotopic (exact) mass is 387 g/mol. The molecule has 1 aliphatic heterocycles. The third-order valence-corrected chi connectivity index (χ3v) is 4.59. The van der Waals surface area contributed by atoms with Crippen LogP contribution >= 0.6 is 11.6 Å². The average molecular weight is 388 g/mol. The van der Waals surface area contributed by atoms with Gasteiger partial charge < -0.3 is 20.3 Å². The molecule has 1 aliphatic rings. The standard InChI is InChI=1S/C20H22ClN3O3/c1-14(22-20(26)23-17-9-5-8-16(21)12-17)19(25)24-10-11-27-18(13-24)15-6-3-2-4-7-15/h2-9,12,14,18H,10-11,13H2,1H3,(H2,22,23,26)/t14-,18?/m0/s1. The minimum atomic E-state index is -0.654. The molecule has 27 heavy (non-hydrogen) atoms. The lowest BCUT2D eigenvalue weighted by atomic mass is 10.1. The summed E-state index contributed by atoms with van der Waals surface area (Å²) >= 11 is 5.91. The molecular formula is C20H22ClN3O3. The zero-order chi connectivity index (χ0) is 19.2. The van der Waals surface area contributed by atoms with Crippen molar-refractivity contribution < 1.29 is 14.3 Å². The first-order chi connectivity index (χ1) is 13.0. The van der Waals surface area contributed by atoms with Gasteiger partial charge in [0.05, 0.1) is 13.2 Å². The summed E-state index contributed by atoms with van der Waals surface area (Å²) in [4.78, 5) is 26.6. The molecule has 1 heterocycles. The van der Waals surface area contributed by atoms with Gasteiger partial charge in [0, 0.05) is 17.3 Å². The van der Waals surface area contributed by atoms with Gasteiger partial charge in [-0.1, -0.05) is 48.0 Å². The lowest BCUT2D eigenvalue weighted by Crippen LogP contribution is -2.51. The van der Waals surface area contributed by atoms with Gasteiger partial charge in [0.2, 0.25) is 5.91 Å². The van der Waals surface area contributed by atoms with Crippen molar-refractivity contribution in [1.82, 2.24) is 10.2 Å². The van der Waals surface area contributed by atoms with Crippen molar-refractivity contribution in [3.8, 4) is 0 Å². The van der Waals surface area contributed by atoms with Crippen molar-refractivity contribution in [1.29, 1.82) is 0 Å². The number of nitrogens with zero attached hydrogens (tertiary/aromatic N) is 1. The van der Waals surface area contributed by atoms with Gasteiger partial charge in [0.25, 0.3) is 0 Å². The molecule has 1 fully saturated rings. The van der Waals surface area contributed by atoms with E-state index in [0.717, 1.165) is 5.56 Å². The molecule has 6 nitrogen and oxygen atoms in total. The molecule has 0 saturated carbocycles. The summed E-state index contributed by atoms with van der Waals surface area (Å²) in [6.45, 7) is 3.11. The van der Waals surface area contributed by atoms with E-state index in [2.05, 4.69) is 10.6 Å². The first kappa shape index (κ1) is 19.2. The van der Waals surface area contributed by atoms with E-state index in [1.54, 1.807) is 36.1 Å². The van der Waals surface area contributed by atoms with Crippen LogP contribution in [0.25, 0.3) is 0 Å². The topological polar surface area (TPSA) is 70.7 Å². The van der Waals surface area contributed by atoms with Gasteiger partial charge in [-0.2, -0.15) is 0 Å². The van der Waals surface area contributed by atoms with Crippen LogP contribution in [0, 0.1) is 0 Å². The Morgan fingerprint density at radius 2 is 1.96 bits per heavy atom. The third kappa shape index (κ3) is 5.21. The molecule has 0 bridgehead atoms. The third-order valence-electron chi connectivity index (χ3n) is 4.35. The summed E-state index contributed by atoms with van der Waals surface area (Å²) in [7, 11) is 0. The highest BCUT2D eigenvalue weighted by Crippen LogP contribution is 2.22. The summed E-state index contributed by atoms with van der Waals surface area (Å²) in [5.41, 5.74) is 1.60. The molecule has 0 aromatic heterocycles. The molecule has 2 aromatic carbocycles. The van der Waals surface area contributed by atoms with Gasteiger partial charge in [-0.05, 0) is 30.7 Å². The molecule has 1 saturated heterocycles. The Hall–Kier alpha value is -2.57. The van der Waals surface area contributed by atoms with E-state index >= 15 is 0 Å². The van der Waals surface area contributed by atoms with Crippen LogP contribution < -0.4 is 10.6 Å². The molecule has 0 spiro atoms. The van der Waals surface area contributed by atoms with Crippen molar-refractivity contribution in [3.63, 3.8) is 0 Å². The van der Waals surface area contributed by atoms with Gasteiger partial charge in [-0.25, -0.2) is 4.79 Å². The maximum Gasteiger partial charge on any atom is 0.319 e. The molecule has 3 amide bonds. The number of halogens is 1. The first-order valence-electron chi connectivity index (χ1n) is 8.81. The number of carbonyl (C=O) groups excluding carboxylic acids is 2. The normalized spacial score (nSPS) is 17.9. The number of urea groups is 1. The number of morpholine rings is 1. The molecule has 2 N–H and O–H groups in total. The summed E-state index contributed by atoms with van der Waals surface area (Å²) < 4.78 is 5.79. The molecule has 0 radical (unpaired) electrons. The lowest BCUT2D eigenvalue weighted by Gasteiger charge is -2.34. The maximum atomic E-state index is 12.7. The number of benzene rings is 2. The van der Waals surface area contributed by atoms with Gasteiger partial charge in [0.1, 0.15) is 12.1 Å². The van der Waals surface area contributed by atoms with E-state index in [1.165, 1.54) is 0 Å². The van der Waals surface area contributed by atoms with E-state index in [-0.39, 0.29) is 12.0 Å². The fourth-order valence-electron chi connectivity index (χ4n) is 2.98. The Morgan fingerprint density at radius 3 is 2.70 bits per heavy atom. The van der Waals surface area contributed by atoms with E-state index in [1.807, 2.05) is 30.3 Å². The molecule has 0 aliphatic carbocycles. The van der Waals surface area contributed by atoms with Crippen molar-refractivity contribution in [2.45, 2.75) is 19.1 Å². The number of anilines is 1. The predicted octanol–water partition coefficient (Wildman–Crippen LogP) is 3.45. The quantitative estimate of drug-likeness (QED) is 0.844. The number of hydrogen-bond acceptors (Lipinski definition) is 3. The highest BCUT2D eigenvalue weighted by molar-refractivity contribution is 6.30. The summed E-state index contributed by atoms with van der Waals surface area (Å²) in [6.07, 6.45) is -0.156.